The van der Waals surface area contributed by atoms with Gasteiger partial charge in [0.2, 0.25) is 11.8 Å². The number of anilines is 2. The van der Waals surface area contributed by atoms with E-state index in [1.807, 2.05) is 0 Å². The van der Waals surface area contributed by atoms with Gasteiger partial charge in [-0.3, -0.25) is 14.5 Å². The number of benzene rings is 2. The second-order valence-electron chi connectivity index (χ2n) is 5.79. The van der Waals surface area contributed by atoms with Gasteiger partial charge in [-0.1, -0.05) is 35.9 Å². The Balaban J connectivity index is 1.91. The average molecular weight is 400 g/mol. The number of nitrogens with zero attached hydrogens (tertiary/aromatic N) is 1. The number of hydrogen-bond acceptors (Lipinski definition) is 3. The van der Waals surface area contributed by atoms with Crippen molar-refractivity contribution < 1.29 is 22.8 Å². The van der Waals surface area contributed by atoms with Crippen molar-refractivity contribution in [3.63, 3.8) is 0 Å². The number of para-hydroxylation sites is 2. The highest BCUT2D eigenvalue weighted by Gasteiger charge is 2.33. The van der Waals surface area contributed by atoms with Gasteiger partial charge in [0, 0.05) is 0 Å². The molecule has 0 saturated heterocycles. The lowest BCUT2D eigenvalue weighted by atomic mass is 10.1. The van der Waals surface area contributed by atoms with Crippen molar-refractivity contribution >= 4 is 34.8 Å². The third-order valence-electron chi connectivity index (χ3n) is 3.48. The number of likely N-dealkylation sites (N-methyl/N-ethyl adjacent to an activating group) is 1. The number of halogens is 4. The van der Waals surface area contributed by atoms with Crippen LogP contribution in [0.15, 0.2) is 48.5 Å². The standard InChI is InChI=1S/C18H17ClF3N3O2/c1-25(11-17(27)24-15-9-5-3-7-13(15)19)10-16(26)23-14-8-4-2-6-12(14)18(20,21)22/h2-9H,10-11H2,1H3,(H,23,26)(H,24,27). The topological polar surface area (TPSA) is 61.4 Å². The highest BCUT2D eigenvalue weighted by Crippen LogP contribution is 2.34. The molecule has 0 aromatic heterocycles. The van der Waals surface area contributed by atoms with E-state index < -0.39 is 23.6 Å². The summed E-state index contributed by atoms with van der Waals surface area (Å²) in [7, 11) is 1.50. The van der Waals surface area contributed by atoms with Gasteiger partial charge >= 0.3 is 6.18 Å². The first kappa shape index (κ1) is 20.7. The molecule has 0 spiro atoms. The predicted molar refractivity (Wildman–Crippen MR) is 97.7 cm³/mol. The minimum Gasteiger partial charge on any atom is -0.324 e. The van der Waals surface area contributed by atoms with E-state index in [1.165, 1.54) is 30.1 Å². The molecule has 0 saturated carbocycles. The fourth-order valence-corrected chi connectivity index (χ4v) is 2.51. The van der Waals surface area contributed by atoms with Crippen molar-refractivity contribution in [1.82, 2.24) is 4.90 Å². The minimum absolute atomic E-state index is 0.139. The van der Waals surface area contributed by atoms with Crippen LogP contribution in [0.4, 0.5) is 24.5 Å². The Labute approximate surface area is 159 Å². The molecule has 2 N–H and O–H groups in total. The molecule has 2 aromatic rings. The minimum atomic E-state index is -4.58. The molecule has 5 nitrogen and oxygen atoms in total. The summed E-state index contributed by atoms with van der Waals surface area (Å²) in [4.78, 5) is 25.4. The Hall–Kier alpha value is -2.58. The quantitative estimate of drug-likeness (QED) is 0.775. The molecule has 0 radical (unpaired) electrons. The molecule has 144 valence electrons. The second-order valence-corrected chi connectivity index (χ2v) is 6.20. The molecule has 0 heterocycles. The lowest BCUT2D eigenvalue weighted by Crippen LogP contribution is -2.36. The molecule has 2 aromatic carbocycles. The van der Waals surface area contributed by atoms with Crippen LogP contribution in [0, 0.1) is 0 Å². The smallest absolute Gasteiger partial charge is 0.324 e. The van der Waals surface area contributed by atoms with E-state index in [0.717, 1.165) is 6.07 Å². The molecule has 27 heavy (non-hydrogen) atoms. The normalized spacial score (nSPS) is 11.3. The Kier molecular flexibility index (Phi) is 6.81. The van der Waals surface area contributed by atoms with Gasteiger partial charge in [0.1, 0.15) is 0 Å². The number of nitrogens with one attached hydrogen (secondary N) is 2. The molecule has 0 unspecified atom stereocenters. The van der Waals surface area contributed by atoms with Crippen molar-refractivity contribution in [2.75, 3.05) is 30.8 Å². The molecule has 0 aliphatic carbocycles. The van der Waals surface area contributed by atoms with Crippen molar-refractivity contribution in [1.29, 1.82) is 0 Å². The summed E-state index contributed by atoms with van der Waals surface area (Å²) in [5, 5.41) is 5.20. The van der Waals surface area contributed by atoms with Crippen LogP contribution in [-0.4, -0.2) is 36.9 Å². The number of hydrogen-bond donors (Lipinski definition) is 2. The van der Waals surface area contributed by atoms with Crippen molar-refractivity contribution in [3.8, 4) is 0 Å². The van der Waals surface area contributed by atoms with Crippen LogP contribution >= 0.6 is 11.6 Å². The van der Waals surface area contributed by atoms with Crippen LogP contribution in [0.3, 0.4) is 0 Å². The molecule has 0 fully saturated rings. The van der Waals surface area contributed by atoms with Crippen LogP contribution in [0.25, 0.3) is 0 Å². The number of carbonyl (C=O) groups excluding carboxylic acids is 2. The molecule has 0 atom stereocenters. The maximum Gasteiger partial charge on any atom is 0.418 e. The van der Waals surface area contributed by atoms with Gasteiger partial charge in [0.05, 0.1) is 35.1 Å². The zero-order valence-electron chi connectivity index (χ0n) is 14.3. The highest BCUT2D eigenvalue weighted by atomic mass is 35.5. The molecule has 0 aliphatic heterocycles. The van der Waals surface area contributed by atoms with E-state index in [1.54, 1.807) is 24.3 Å². The summed E-state index contributed by atoms with van der Waals surface area (Å²) in [5.74, 6) is -1.08. The number of alkyl halides is 3. The summed E-state index contributed by atoms with van der Waals surface area (Å²) >= 11 is 5.95. The highest BCUT2D eigenvalue weighted by molar-refractivity contribution is 6.33. The summed E-state index contributed by atoms with van der Waals surface area (Å²) in [6.45, 7) is -0.401. The third-order valence-corrected chi connectivity index (χ3v) is 3.81. The SMILES string of the molecule is CN(CC(=O)Nc1ccccc1Cl)CC(=O)Nc1ccccc1C(F)(F)F. The molecular formula is C18H17ClF3N3O2. The van der Waals surface area contributed by atoms with E-state index in [0.29, 0.717) is 10.7 Å². The Morgan fingerprint density at radius 2 is 1.41 bits per heavy atom. The Morgan fingerprint density at radius 3 is 1.96 bits per heavy atom. The maximum atomic E-state index is 12.9. The predicted octanol–water partition coefficient (Wildman–Crippen LogP) is 3.87. The van der Waals surface area contributed by atoms with E-state index >= 15 is 0 Å². The number of carbonyl (C=O) groups is 2. The van der Waals surface area contributed by atoms with Crippen molar-refractivity contribution in [2.45, 2.75) is 6.18 Å². The summed E-state index contributed by atoms with van der Waals surface area (Å²) in [6, 6.07) is 11.4. The van der Waals surface area contributed by atoms with E-state index in [4.69, 9.17) is 11.6 Å². The lowest BCUT2D eigenvalue weighted by Gasteiger charge is -2.18. The second kappa shape index (κ2) is 8.88. The third kappa shape index (κ3) is 6.26. The fourth-order valence-electron chi connectivity index (χ4n) is 2.33. The van der Waals surface area contributed by atoms with Crippen molar-refractivity contribution in [3.05, 3.63) is 59.1 Å². The largest absolute Gasteiger partial charge is 0.418 e. The molecule has 2 amide bonds. The van der Waals surface area contributed by atoms with Crippen LogP contribution in [0.1, 0.15) is 5.56 Å². The average Bonchev–Trinajstić information content (AvgIpc) is 2.56. The zero-order valence-corrected chi connectivity index (χ0v) is 15.1. The molecular weight excluding hydrogens is 383 g/mol. The van der Waals surface area contributed by atoms with Gasteiger partial charge in [-0.05, 0) is 31.3 Å². The van der Waals surface area contributed by atoms with Gasteiger partial charge in [-0.2, -0.15) is 13.2 Å². The molecule has 2 rings (SSSR count). The van der Waals surface area contributed by atoms with Crippen molar-refractivity contribution in [2.24, 2.45) is 0 Å². The lowest BCUT2D eigenvalue weighted by molar-refractivity contribution is -0.137. The van der Waals surface area contributed by atoms with E-state index in [9.17, 15) is 22.8 Å². The van der Waals surface area contributed by atoms with Gasteiger partial charge in [-0.15, -0.1) is 0 Å². The van der Waals surface area contributed by atoms with Crippen LogP contribution < -0.4 is 10.6 Å². The van der Waals surface area contributed by atoms with Crippen LogP contribution in [-0.2, 0) is 15.8 Å². The van der Waals surface area contributed by atoms with Gasteiger partial charge in [-0.25, -0.2) is 0 Å². The Bertz CT molecular complexity index is 827. The fraction of sp³-hybridized carbons (Fsp3) is 0.222. The van der Waals surface area contributed by atoms with Gasteiger partial charge in [0.15, 0.2) is 0 Å². The van der Waals surface area contributed by atoms with Gasteiger partial charge in [0.25, 0.3) is 0 Å². The van der Waals surface area contributed by atoms with Crippen LogP contribution in [0.5, 0.6) is 0 Å². The van der Waals surface area contributed by atoms with Crippen LogP contribution in [0.2, 0.25) is 5.02 Å². The first-order valence-electron chi connectivity index (χ1n) is 7.86. The molecule has 9 heteroatoms. The first-order valence-corrected chi connectivity index (χ1v) is 8.23. The summed E-state index contributed by atoms with van der Waals surface area (Å²) < 4.78 is 38.8. The number of rotatable bonds is 6. The summed E-state index contributed by atoms with van der Waals surface area (Å²) in [6.07, 6.45) is -4.58. The Morgan fingerprint density at radius 1 is 0.926 bits per heavy atom. The van der Waals surface area contributed by atoms with Gasteiger partial charge < -0.3 is 10.6 Å². The maximum absolute atomic E-state index is 12.9. The first-order chi connectivity index (χ1) is 12.7. The zero-order chi connectivity index (χ0) is 20.0. The number of amides is 2. The monoisotopic (exact) mass is 399 g/mol. The molecule has 0 bridgehead atoms. The van der Waals surface area contributed by atoms with E-state index in [2.05, 4.69) is 10.6 Å². The summed E-state index contributed by atoms with van der Waals surface area (Å²) in [5.41, 5.74) is -0.831. The molecule has 0 aliphatic rings. The van der Waals surface area contributed by atoms with E-state index in [-0.39, 0.29) is 18.8 Å².